The van der Waals surface area contributed by atoms with Gasteiger partial charge in [-0.15, -0.1) is 0 Å². The second kappa shape index (κ2) is 7.85. The highest BCUT2D eigenvalue weighted by atomic mass is 16.5. The summed E-state index contributed by atoms with van der Waals surface area (Å²) < 4.78 is 10.5. The molecule has 23 heavy (non-hydrogen) atoms. The van der Waals surface area contributed by atoms with Gasteiger partial charge in [-0.05, 0) is 31.9 Å². The number of amides is 1. The highest BCUT2D eigenvalue weighted by Gasteiger charge is 2.31. The summed E-state index contributed by atoms with van der Waals surface area (Å²) in [4.78, 5) is 23.7. The molecule has 0 fully saturated rings. The van der Waals surface area contributed by atoms with E-state index < -0.39 is 11.5 Å². The maximum absolute atomic E-state index is 12.6. The summed E-state index contributed by atoms with van der Waals surface area (Å²) in [5, 5.41) is 12.0. The van der Waals surface area contributed by atoms with Gasteiger partial charge in [0, 0.05) is 11.1 Å². The summed E-state index contributed by atoms with van der Waals surface area (Å²) in [5.41, 5.74) is 0.407. The highest BCUT2D eigenvalue weighted by Crippen LogP contribution is 2.30. The summed E-state index contributed by atoms with van der Waals surface area (Å²) in [5.74, 6) is -0.183. The molecule has 6 nitrogen and oxygen atoms in total. The van der Waals surface area contributed by atoms with Crippen molar-refractivity contribution in [2.24, 2.45) is 0 Å². The van der Waals surface area contributed by atoms with Crippen molar-refractivity contribution in [3.05, 3.63) is 23.3 Å². The normalized spacial score (nSPS) is 11.0. The lowest BCUT2D eigenvalue weighted by atomic mass is 9.88. The number of rotatable bonds is 8. The summed E-state index contributed by atoms with van der Waals surface area (Å²) in [7, 11) is 3.05. The van der Waals surface area contributed by atoms with Crippen LogP contribution in [-0.4, -0.2) is 36.7 Å². The number of aliphatic carboxylic acids is 1. The smallest absolute Gasteiger partial charge is 0.305 e. The average Bonchev–Trinajstić information content (AvgIpc) is 2.53. The van der Waals surface area contributed by atoms with Crippen LogP contribution in [0.3, 0.4) is 0 Å². The number of hydrogen-bond donors (Lipinski definition) is 2. The quantitative estimate of drug-likeness (QED) is 0.768. The first kappa shape index (κ1) is 18.8. The Morgan fingerprint density at radius 3 is 1.96 bits per heavy atom. The van der Waals surface area contributed by atoms with Gasteiger partial charge >= 0.3 is 5.97 Å². The van der Waals surface area contributed by atoms with E-state index in [-0.39, 0.29) is 12.3 Å². The van der Waals surface area contributed by atoms with Crippen LogP contribution in [0.25, 0.3) is 0 Å². The molecule has 0 bridgehead atoms. The first-order valence-electron chi connectivity index (χ1n) is 7.59. The Bertz CT molecular complexity index is 553. The molecule has 0 aliphatic carbocycles. The molecule has 0 atom stereocenters. The Balaban J connectivity index is 3.15. The molecule has 0 aliphatic heterocycles. The van der Waals surface area contributed by atoms with Crippen LogP contribution in [0.4, 0.5) is 0 Å². The Morgan fingerprint density at radius 1 is 1.13 bits per heavy atom. The lowest BCUT2D eigenvalue weighted by molar-refractivity contribution is -0.138. The number of carboxylic acids is 1. The number of benzene rings is 1. The van der Waals surface area contributed by atoms with Crippen LogP contribution in [0.1, 0.15) is 49.0 Å². The van der Waals surface area contributed by atoms with Crippen molar-refractivity contribution in [1.82, 2.24) is 5.32 Å². The molecule has 128 valence electrons. The first-order chi connectivity index (χ1) is 10.8. The molecular formula is C17H25NO5. The molecule has 1 rings (SSSR count). The molecule has 0 aromatic heterocycles. The van der Waals surface area contributed by atoms with Crippen molar-refractivity contribution in [3.63, 3.8) is 0 Å². The fourth-order valence-electron chi connectivity index (χ4n) is 2.54. The number of methoxy groups -OCH3 is 2. The molecule has 6 heteroatoms. The number of carboxylic acid groups (broad SMARTS) is 1. The van der Waals surface area contributed by atoms with Crippen LogP contribution >= 0.6 is 0 Å². The Labute approximate surface area is 136 Å². The molecule has 0 unspecified atom stereocenters. The summed E-state index contributed by atoms with van der Waals surface area (Å²) >= 11 is 0. The van der Waals surface area contributed by atoms with Crippen molar-refractivity contribution in [1.29, 1.82) is 0 Å². The van der Waals surface area contributed by atoms with Gasteiger partial charge in [0.15, 0.2) is 0 Å². The van der Waals surface area contributed by atoms with Gasteiger partial charge in [-0.1, -0.05) is 13.8 Å². The van der Waals surface area contributed by atoms with Crippen LogP contribution in [0, 0.1) is 6.92 Å². The standard InChI is InChI=1S/C17H25NO5/c1-6-17(7-2,10-15(19)20)18-16(21)12-8-13(22-4)11(3)14(9-12)23-5/h8-9H,6-7,10H2,1-5H3,(H,18,21)(H,19,20). The zero-order valence-electron chi connectivity index (χ0n) is 14.4. The molecule has 2 N–H and O–H groups in total. The third-order valence-electron chi connectivity index (χ3n) is 4.24. The summed E-state index contributed by atoms with van der Waals surface area (Å²) in [6, 6.07) is 3.26. The van der Waals surface area contributed by atoms with Gasteiger partial charge in [-0.25, -0.2) is 0 Å². The van der Waals surface area contributed by atoms with E-state index in [1.165, 1.54) is 14.2 Å². The SMILES string of the molecule is CCC(CC)(CC(=O)O)NC(=O)c1cc(OC)c(C)c(OC)c1. The minimum Gasteiger partial charge on any atom is -0.496 e. The predicted octanol–water partition coefficient (Wildman–Crippen LogP) is 2.78. The number of carbonyl (C=O) groups is 2. The van der Waals surface area contributed by atoms with E-state index >= 15 is 0 Å². The van der Waals surface area contributed by atoms with Gasteiger partial charge in [-0.2, -0.15) is 0 Å². The van der Waals surface area contributed by atoms with Crippen LogP contribution < -0.4 is 14.8 Å². The van der Waals surface area contributed by atoms with E-state index in [0.717, 1.165) is 5.56 Å². The predicted molar refractivity (Wildman–Crippen MR) is 87.3 cm³/mol. The van der Waals surface area contributed by atoms with E-state index in [2.05, 4.69) is 5.32 Å². The third-order valence-corrected chi connectivity index (χ3v) is 4.24. The molecule has 0 saturated heterocycles. The molecule has 0 spiro atoms. The van der Waals surface area contributed by atoms with Gasteiger partial charge in [0.1, 0.15) is 11.5 Å². The maximum atomic E-state index is 12.6. The molecule has 1 aromatic carbocycles. The molecule has 0 radical (unpaired) electrons. The number of nitrogens with one attached hydrogen (secondary N) is 1. The lowest BCUT2D eigenvalue weighted by Crippen LogP contribution is -2.49. The van der Waals surface area contributed by atoms with Crippen LogP contribution in [0.15, 0.2) is 12.1 Å². The zero-order valence-corrected chi connectivity index (χ0v) is 14.4. The molecule has 0 heterocycles. The van der Waals surface area contributed by atoms with Crippen LogP contribution in [0.2, 0.25) is 0 Å². The fourth-order valence-corrected chi connectivity index (χ4v) is 2.54. The second-order valence-corrected chi connectivity index (χ2v) is 5.52. The Kier molecular flexibility index (Phi) is 6.42. The molecular weight excluding hydrogens is 298 g/mol. The minimum absolute atomic E-state index is 0.119. The van der Waals surface area contributed by atoms with Gasteiger partial charge in [0.2, 0.25) is 0 Å². The van der Waals surface area contributed by atoms with Gasteiger partial charge in [0.25, 0.3) is 5.91 Å². The fraction of sp³-hybridized carbons (Fsp3) is 0.529. The number of hydrogen-bond acceptors (Lipinski definition) is 4. The summed E-state index contributed by atoms with van der Waals surface area (Å²) in [6.45, 7) is 5.57. The highest BCUT2D eigenvalue weighted by molar-refractivity contribution is 5.96. The van der Waals surface area contributed by atoms with Crippen molar-refractivity contribution < 1.29 is 24.2 Å². The first-order valence-corrected chi connectivity index (χ1v) is 7.59. The largest absolute Gasteiger partial charge is 0.496 e. The lowest BCUT2D eigenvalue weighted by Gasteiger charge is -2.31. The molecule has 1 aromatic rings. The average molecular weight is 323 g/mol. The van der Waals surface area contributed by atoms with Crippen molar-refractivity contribution in [3.8, 4) is 11.5 Å². The van der Waals surface area contributed by atoms with E-state index in [1.54, 1.807) is 12.1 Å². The van der Waals surface area contributed by atoms with Crippen molar-refractivity contribution >= 4 is 11.9 Å². The zero-order chi connectivity index (χ0) is 17.6. The van der Waals surface area contributed by atoms with Gasteiger partial charge in [-0.3, -0.25) is 9.59 Å². The van der Waals surface area contributed by atoms with E-state index in [4.69, 9.17) is 14.6 Å². The third kappa shape index (κ3) is 4.37. The molecule has 1 amide bonds. The van der Waals surface area contributed by atoms with E-state index in [0.29, 0.717) is 29.9 Å². The number of ether oxygens (including phenoxy) is 2. The molecule has 0 saturated carbocycles. The number of carbonyl (C=O) groups excluding carboxylic acids is 1. The maximum Gasteiger partial charge on any atom is 0.305 e. The van der Waals surface area contributed by atoms with Crippen molar-refractivity contribution in [2.75, 3.05) is 14.2 Å². The van der Waals surface area contributed by atoms with Crippen LogP contribution in [-0.2, 0) is 4.79 Å². The van der Waals surface area contributed by atoms with Crippen molar-refractivity contribution in [2.45, 2.75) is 45.6 Å². The second-order valence-electron chi connectivity index (χ2n) is 5.52. The summed E-state index contributed by atoms with van der Waals surface area (Å²) in [6.07, 6.45) is 0.940. The minimum atomic E-state index is -0.937. The molecule has 0 aliphatic rings. The Hall–Kier alpha value is -2.24. The topological polar surface area (TPSA) is 84.9 Å². The van der Waals surface area contributed by atoms with Gasteiger partial charge < -0.3 is 19.9 Å². The van der Waals surface area contributed by atoms with Crippen LogP contribution in [0.5, 0.6) is 11.5 Å². The van der Waals surface area contributed by atoms with Gasteiger partial charge in [0.05, 0.1) is 26.2 Å². The van der Waals surface area contributed by atoms with E-state index in [1.807, 2.05) is 20.8 Å². The Morgan fingerprint density at radius 2 is 1.61 bits per heavy atom. The van der Waals surface area contributed by atoms with E-state index in [9.17, 15) is 9.59 Å². The monoisotopic (exact) mass is 323 g/mol.